The van der Waals surface area contributed by atoms with Crippen molar-refractivity contribution in [1.82, 2.24) is 5.32 Å². The van der Waals surface area contributed by atoms with E-state index in [-0.39, 0.29) is 11.9 Å². The number of benzene rings is 1. The molecule has 1 aliphatic heterocycles. The molecule has 0 saturated carbocycles. The highest BCUT2D eigenvalue weighted by Gasteiger charge is 2.20. The number of amides is 1. The summed E-state index contributed by atoms with van der Waals surface area (Å²) in [5.41, 5.74) is 7.14. The summed E-state index contributed by atoms with van der Waals surface area (Å²) >= 11 is 0. The van der Waals surface area contributed by atoms with Crippen LogP contribution < -0.4 is 11.1 Å². The first-order valence-corrected chi connectivity index (χ1v) is 6.93. The van der Waals surface area contributed by atoms with Crippen molar-refractivity contribution >= 4 is 5.91 Å². The predicted octanol–water partition coefficient (Wildman–Crippen LogP) is 1.24. The summed E-state index contributed by atoms with van der Waals surface area (Å²) < 4.78 is 5.34. The van der Waals surface area contributed by atoms with Gasteiger partial charge in [0, 0.05) is 6.61 Å². The van der Waals surface area contributed by atoms with Crippen LogP contribution in [0.15, 0.2) is 30.3 Å². The minimum atomic E-state index is -0.442. The average molecular weight is 262 g/mol. The third-order valence-corrected chi connectivity index (χ3v) is 3.43. The van der Waals surface area contributed by atoms with Gasteiger partial charge in [-0.2, -0.15) is 0 Å². The second-order valence-electron chi connectivity index (χ2n) is 5.05. The number of hydrogen-bond acceptors (Lipinski definition) is 3. The molecule has 0 aliphatic carbocycles. The van der Waals surface area contributed by atoms with Crippen LogP contribution in [-0.2, 0) is 16.0 Å². The molecule has 1 aliphatic rings. The third-order valence-electron chi connectivity index (χ3n) is 3.43. The molecule has 19 heavy (non-hydrogen) atoms. The summed E-state index contributed by atoms with van der Waals surface area (Å²) in [6.07, 6.45) is 3.49. The number of carbonyl (C=O) groups excluding carboxylic acids is 1. The van der Waals surface area contributed by atoms with Crippen molar-refractivity contribution in [3.8, 4) is 0 Å². The van der Waals surface area contributed by atoms with Crippen LogP contribution in [0.3, 0.4) is 0 Å². The molecular formula is C15H22N2O2. The van der Waals surface area contributed by atoms with Gasteiger partial charge in [0.1, 0.15) is 0 Å². The highest BCUT2D eigenvalue weighted by atomic mass is 16.5. The van der Waals surface area contributed by atoms with Gasteiger partial charge in [-0.15, -0.1) is 0 Å². The Hall–Kier alpha value is -1.39. The van der Waals surface area contributed by atoms with E-state index in [2.05, 4.69) is 17.4 Å². The first kappa shape index (κ1) is 14.0. The molecule has 1 aromatic rings. The van der Waals surface area contributed by atoms with Gasteiger partial charge in [-0.1, -0.05) is 30.3 Å². The van der Waals surface area contributed by atoms with Gasteiger partial charge in [0.2, 0.25) is 5.91 Å². The van der Waals surface area contributed by atoms with E-state index < -0.39 is 6.04 Å². The van der Waals surface area contributed by atoms with Crippen molar-refractivity contribution < 1.29 is 9.53 Å². The van der Waals surface area contributed by atoms with Crippen LogP contribution in [0, 0.1) is 0 Å². The van der Waals surface area contributed by atoms with Crippen molar-refractivity contribution in [2.75, 3.05) is 13.2 Å². The molecule has 2 atom stereocenters. The third kappa shape index (κ3) is 4.65. The number of hydrogen-bond donors (Lipinski definition) is 2. The Morgan fingerprint density at radius 3 is 2.89 bits per heavy atom. The topological polar surface area (TPSA) is 64.4 Å². The molecule has 0 bridgehead atoms. The Balaban J connectivity index is 1.72. The second kappa shape index (κ2) is 7.26. The maximum atomic E-state index is 11.9. The van der Waals surface area contributed by atoms with Crippen LogP contribution >= 0.6 is 0 Å². The summed E-state index contributed by atoms with van der Waals surface area (Å²) in [5.74, 6) is -0.0635. The van der Waals surface area contributed by atoms with Gasteiger partial charge in [0.05, 0.1) is 18.7 Å². The normalized spacial score (nSPS) is 20.8. The lowest BCUT2D eigenvalue weighted by Crippen LogP contribution is -2.48. The summed E-state index contributed by atoms with van der Waals surface area (Å²) in [5, 5.41) is 2.97. The predicted molar refractivity (Wildman–Crippen MR) is 74.7 cm³/mol. The van der Waals surface area contributed by atoms with Crippen LogP contribution in [-0.4, -0.2) is 31.2 Å². The fraction of sp³-hybridized carbons (Fsp3) is 0.533. The fourth-order valence-corrected chi connectivity index (χ4v) is 2.26. The largest absolute Gasteiger partial charge is 0.379 e. The van der Waals surface area contributed by atoms with Gasteiger partial charge in [0.15, 0.2) is 0 Å². The smallest absolute Gasteiger partial charge is 0.237 e. The molecule has 0 spiro atoms. The molecule has 3 N–H and O–H groups in total. The van der Waals surface area contributed by atoms with Crippen molar-refractivity contribution in [3.63, 3.8) is 0 Å². The molecule has 1 aromatic carbocycles. The summed E-state index contributed by atoms with van der Waals surface area (Å²) in [7, 11) is 0. The Kier molecular flexibility index (Phi) is 5.36. The van der Waals surface area contributed by atoms with Crippen molar-refractivity contribution in [3.05, 3.63) is 35.9 Å². The molecule has 2 rings (SSSR count). The fourth-order valence-electron chi connectivity index (χ4n) is 2.26. The van der Waals surface area contributed by atoms with Crippen LogP contribution in [0.4, 0.5) is 0 Å². The minimum Gasteiger partial charge on any atom is -0.379 e. The molecule has 1 saturated heterocycles. The molecule has 4 heteroatoms. The molecule has 1 heterocycles. The van der Waals surface area contributed by atoms with Crippen molar-refractivity contribution in [2.24, 2.45) is 5.73 Å². The molecule has 0 aromatic heterocycles. The standard InChI is InChI=1S/C15H22N2O2/c16-14(9-8-12-5-2-1-3-6-12)15(18)17-13-7-4-10-19-11-13/h1-3,5-6,13-14H,4,7-11,16H2,(H,17,18). The van der Waals surface area contributed by atoms with Gasteiger partial charge in [-0.05, 0) is 31.2 Å². The van der Waals surface area contributed by atoms with E-state index in [4.69, 9.17) is 10.5 Å². The summed E-state index contributed by atoms with van der Waals surface area (Å²) in [6.45, 7) is 1.41. The quantitative estimate of drug-likeness (QED) is 0.839. The molecule has 0 radical (unpaired) electrons. The molecular weight excluding hydrogens is 240 g/mol. The van der Waals surface area contributed by atoms with Crippen LogP contribution in [0.5, 0.6) is 0 Å². The number of ether oxygens (including phenoxy) is 1. The van der Waals surface area contributed by atoms with Crippen molar-refractivity contribution in [1.29, 1.82) is 0 Å². The number of rotatable bonds is 5. The zero-order valence-corrected chi connectivity index (χ0v) is 11.2. The van der Waals surface area contributed by atoms with E-state index in [0.29, 0.717) is 13.0 Å². The first-order valence-electron chi connectivity index (χ1n) is 6.93. The highest BCUT2D eigenvalue weighted by molar-refractivity contribution is 5.81. The Morgan fingerprint density at radius 1 is 1.42 bits per heavy atom. The average Bonchev–Trinajstić information content (AvgIpc) is 2.47. The summed E-state index contributed by atoms with van der Waals surface area (Å²) in [4.78, 5) is 11.9. The SMILES string of the molecule is NC(CCc1ccccc1)C(=O)NC1CCCOC1. The zero-order valence-electron chi connectivity index (χ0n) is 11.2. The number of nitrogens with two attached hydrogens (primary N) is 1. The van der Waals surface area contributed by atoms with Gasteiger partial charge >= 0.3 is 0 Å². The van der Waals surface area contributed by atoms with Gasteiger partial charge in [-0.25, -0.2) is 0 Å². The van der Waals surface area contributed by atoms with Crippen LogP contribution in [0.25, 0.3) is 0 Å². The molecule has 1 amide bonds. The first-order chi connectivity index (χ1) is 9.25. The van der Waals surface area contributed by atoms with Gasteiger partial charge < -0.3 is 15.8 Å². The van der Waals surface area contributed by atoms with E-state index in [1.807, 2.05) is 18.2 Å². The number of aryl methyl sites for hydroxylation is 1. The number of carbonyl (C=O) groups is 1. The van der Waals surface area contributed by atoms with Gasteiger partial charge in [-0.3, -0.25) is 4.79 Å². The number of nitrogens with one attached hydrogen (secondary N) is 1. The monoisotopic (exact) mass is 262 g/mol. The van der Waals surface area contributed by atoms with E-state index in [0.717, 1.165) is 25.9 Å². The van der Waals surface area contributed by atoms with E-state index in [1.165, 1.54) is 5.56 Å². The van der Waals surface area contributed by atoms with E-state index in [9.17, 15) is 4.79 Å². The van der Waals surface area contributed by atoms with E-state index >= 15 is 0 Å². The Morgan fingerprint density at radius 2 is 2.21 bits per heavy atom. The second-order valence-corrected chi connectivity index (χ2v) is 5.05. The maximum Gasteiger partial charge on any atom is 0.237 e. The summed E-state index contributed by atoms with van der Waals surface area (Å²) in [6, 6.07) is 9.78. The van der Waals surface area contributed by atoms with E-state index in [1.54, 1.807) is 0 Å². The lowest BCUT2D eigenvalue weighted by Gasteiger charge is -2.24. The molecule has 1 fully saturated rings. The molecule has 4 nitrogen and oxygen atoms in total. The zero-order chi connectivity index (χ0) is 13.5. The maximum absolute atomic E-state index is 11.9. The highest BCUT2D eigenvalue weighted by Crippen LogP contribution is 2.07. The lowest BCUT2D eigenvalue weighted by atomic mass is 10.0. The van der Waals surface area contributed by atoms with Crippen molar-refractivity contribution in [2.45, 2.75) is 37.8 Å². The Bertz CT molecular complexity index is 388. The minimum absolute atomic E-state index is 0.0635. The Labute approximate surface area is 114 Å². The van der Waals surface area contributed by atoms with Crippen LogP contribution in [0.1, 0.15) is 24.8 Å². The molecule has 104 valence electrons. The van der Waals surface area contributed by atoms with Crippen LogP contribution in [0.2, 0.25) is 0 Å². The molecule has 2 unspecified atom stereocenters. The van der Waals surface area contributed by atoms with Gasteiger partial charge in [0.25, 0.3) is 0 Å². The lowest BCUT2D eigenvalue weighted by molar-refractivity contribution is -0.124.